The zero-order chi connectivity index (χ0) is 8.55. The number of fused-ring (bicyclic) bond motifs is 1. The second-order valence-corrected chi connectivity index (χ2v) is 2.56. The van der Waals surface area contributed by atoms with Crippen LogP contribution in [0.2, 0.25) is 0 Å². The standard InChI is InChI=1S/C7H7N3O2/c11-6-2-4-10-5(9-6)1-3-8-7(10)12/h1,3H,2,4H2,(H,9,11). The normalized spacial score (nSPS) is 15.2. The Morgan fingerprint density at radius 2 is 2.33 bits per heavy atom. The minimum atomic E-state index is -0.312. The van der Waals surface area contributed by atoms with Gasteiger partial charge in [-0.05, 0) is 6.07 Å². The van der Waals surface area contributed by atoms with Crippen LogP contribution in [0.4, 0.5) is 5.82 Å². The molecule has 0 bridgehead atoms. The molecule has 1 aliphatic heterocycles. The molecule has 0 saturated heterocycles. The summed E-state index contributed by atoms with van der Waals surface area (Å²) in [5.41, 5.74) is -0.312. The SMILES string of the molecule is O=C1CCn2c(ccnc2=O)N1. The van der Waals surface area contributed by atoms with E-state index < -0.39 is 0 Å². The molecule has 0 saturated carbocycles. The molecule has 0 radical (unpaired) electrons. The third-order valence-corrected chi connectivity index (χ3v) is 1.77. The molecule has 2 heterocycles. The molecule has 62 valence electrons. The summed E-state index contributed by atoms with van der Waals surface area (Å²) < 4.78 is 1.45. The number of nitrogens with one attached hydrogen (secondary N) is 1. The van der Waals surface area contributed by atoms with E-state index in [0.29, 0.717) is 18.8 Å². The molecule has 5 heteroatoms. The summed E-state index contributed by atoms with van der Waals surface area (Å²) in [5, 5.41) is 2.58. The fourth-order valence-electron chi connectivity index (χ4n) is 1.18. The average Bonchev–Trinajstić information content (AvgIpc) is 2.04. The number of carbonyl (C=O) groups excluding carboxylic acids is 1. The number of nitrogens with zero attached hydrogens (tertiary/aromatic N) is 2. The van der Waals surface area contributed by atoms with Gasteiger partial charge in [-0.25, -0.2) is 9.78 Å². The third kappa shape index (κ3) is 0.990. The van der Waals surface area contributed by atoms with Crippen LogP contribution in [0.3, 0.4) is 0 Å². The van der Waals surface area contributed by atoms with Crippen molar-refractivity contribution in [3.05, 3.63) is 22.7 Å². The van der Waals surface area contributed by atoms with E-state index in [0.717, 1.165) is 0 Å². The number of amides is 1. The summed E-state index contributed by atoms with van der Waals surface area (Å²) in [7, 11) is 0. The van der Waals surface area contributed by atoms with Crippen LogP contribution in [0.15, 0.2) is 17.1 Å². The Hall–Kier alpha value is -1.65. The monoisotopic (exact) mass is 165 g/mol. The van der Waals surface area contributed by atoms with Crippen molar-refractivity contribution < 1.29 is 4.79 Å². The van der Waals surface area contributed by atoms with Crippen LogP contribution in [0.1, 0.15) is 6.42 Å². The van der Waals surface area contributed by atoms with Crippen molar-refractivity contribution in [2.75, 3.05) is 5.32 Å². The van der Waals surface area contributed by atoms with Gasteiger partial charge in [-0.3, -0.25) is 9.36 Å². The molecule has 12 heavy (non-hydrogen) atoms. The Balaban J connectivity index is 2.56. The van der Waals surface area contributed by atoms with Crippen molar-refractivity contribution in [1.29, 1.82) is 0 Å². The molecule has 0 aromatic carbocycles. The van der Waals surface area contributed by atoms with Crippen molar-refractivity contribution >= 4 is 11.7 Å². The topological polar surface area (TPSA) is 64.0 Å². The number of hydrogen-bond donors (Lipinski definition) is 1. The highest BCUT2D eigenvalue weighted by Crippen LogP contribution is 2.09. The summed E-state index contributed by atoms with van der Waals surface area (Å²) in [6.45, 7) is 0.424. The zero-order valence-corrected chi connectivity index (χ0v) is 6.28. The number of rotatable bonds is 0. The first-order chi connectivity index (χ1) is 5.77. The largest absolute Gasteiger partial charge is 0.349 e. The van der Waals surface area contributed by atoms with Crippen LogP contribution in [-0.2, 0) is 11.3 Å². The molecule has 1 amide bonds. The summed E-state index contributed by atoms with van der Waals surface area (Å²) in [4.78, 5) is 25.5. The van der Waals surface area contributed by atoms with Gasteiger partial charge in [0.15, 0.2) is 0 Å². The van der Waals surface area contributed by atoms with E-state index in [1.165, 1.54) is 10.8 Å². The zero-order valence-electron chi connectivity index (χ0n) is 6.28. The van der Waals surface area contributed by atoms with Crippen molar-refractivity contribution in [2.45, 2.75) is 13.0 Å². The molecule has 1 aromatic heterocycles. The number of hydrogen-bond acceptors (Lipinski definition) is 3. The molecule has 2 rings (SSSR count). The minimum Gasteiger partial charge on any atom is -0.312 e. The predicted molar refractivity (Wildman–Crippen MR) is 41.7 cm³/mol. The van der Waals surface area contributed by atoms with Gasteiger partial charge in [0, 0.05) is 19.2 Å². The molecule has 0 unspecified atom stereocenters. The summed E-state index contributed by atoms with van der Waals surface area (Å²) in [5.74, 6) is 0.479. The molecular weight excluding hydrogens is 158 g/mol. The molecule has 1 N–H and O–H groups in total. The Kier molecular flexibility index (Phi) is 1.43. The Morgan fingerprint density at radius 3 is 3.17 bits per heavy atom. The lowest BCUT2D eigenvalue weighted by molar-refractivity contribution is -0.116. The van der Waals surface area contributed by atoms with E-state index in [1.54, 1.807) is 6.07 Å². The van der Waals surface area contributed by atoms with Gasteiger partial charge in [0.1, 0.15) is 5.82 Å². The van der Waals surface area contributed by atoms with Gasteiger partial charge in [0.05, 0.1) is 0 Å². The Morgan fingerprint density at radius 1 is 1.50 bits per heavy atom. The van der Waals surface area contributed by atoms with Crippen LogP contribution in [0.5, 0.6) is 0 Å². The number of aromatic nitrogens is 2. The second kappa shape index (κ2) is 2.44. The number of anilines is 1. The van der Waals surface area contributed by atoms with E-state index in [9.17, 15) is 9.59 Å². The molecule has 0 spiro atoms. The lowest BCUT2D eigenvalue weighted by Gasteiger charge is -2.16. The highest BCUT2D eigenvalue weighted by molar-refractivity contribution is 5.90. The molecule has 1 aliphatic rings. The highest BCUT2D eigenvalue weighted by Gasteiger charge is 2.14. The first kappa shape index (κ1) is 7.02. The maximum atomic E-state index is 11.1. The Bertz CT molecular complexity index is 382. The molecule has 0 fully saturated rings. The lowest BCUT2D eigenvalue weighted by atomic mass is 10.3. The maximum Gasteiger partial charge on any atom is 0.349 e. The summed E-state index contributed by atoms with van der Waals surface area (Å²) in [6, 6.07) is 1.61. The van der Waals surface area contributed by atoms with Crippen LogP contribution in [0, 0.1) is 0 Å². The van der Waals surface area contributed by atoms with Crippen LogP contribution >= 0.6 is 0 Å². The van der Waals surface area contributed by atoms with Crippen molar-refractivity contribution in [2.24, 2.45) is 0 Å². The smallest absolute Gasteiger partial charge is 0.312 e. The van der Waals surface area contributed by atoms with Gasteiger partial charge in [-0.15, -0.1) is 0 Å². The molecule has 0 atom stereocenters. The third-order valence-electron chi connectivity index (χ3n) is 1.77. The second-order valence-electron chi connectivity index (χ2n) is 2.56. The maximum absolute atomic E-state index is 11.1. The van der Waals surface area contributed by atoms with Crippen LogP contribution in [0.25, 0.3) is 0 Å². The minimum absolute atomic E-state index is 0.0550. The molecule has 5 nitrogen and oxygen atoms in total. The molecule has 0 aliphatic carbocycles. The van der Waals surface area contributed by atoms with Gasteiger partial charge in [-0.1, -0.05) is 0 Å². The lowest BCUT2D eigenvalue weighted by Crippen LogP contribution is -2.32. The van der Waals surface area contributed by atoms with E-state index in [1.807, 2.05) is 0 Å². The van der Waals surface area contributed by atoms with E-state index in [2.05, 4.69) is 10.3 Å². The van der Waals surface area contributed by atoms with Gasteiger partial charge in [-0.2, -0.15) is 0 Å². The first-order valence-corrected chi connectivity index (χ1v) is 3.63. The highest BCUT2D eigenvalue weighted by atomic mass is 16.2. The first-order valence-electron chi connectivity index (χ1n) is 3.63. The van der Waals surface area contributed by atoms with Gasteiger partial charge >= 0.3 is 5.69 Å². The molecular formula is C7H7N3O2. The van der Waals surface area contributed by atoms with Gasteiger partial charge in [0.2, 0.25) is 5.91 Å². The average molecular weight is 165 g/mol. The predicted octanol–water partition coefficient (Wildman–Crippen LogP) is -0.415. The van der Waals surface area contributed by atoms with Crippen molar-refractivity contribution in [1.82, 2.24) is 9.55 Å². The van der Waals surface area contributed by atoms with Crippen LogP contribution in [-0.4, -0.2) is 15.5 Å². The van der Waals surface area contributed by atoms with Crippen LogP contribution < -0.4 is 11.0 Å². The Labute approximate surface area is 68.0 Å². The van der Waals surface area contributed by atoms with Gasteiger partial charge in [0.25, 0.3) is 0 Å². The van der Waals surface area contributed by atoms with E-state index in [-0.39, 0.29) is 11.6 Å². The number of carbonyl (C=O) groups is 1. The quantitative estimate of drug-likeness (QED) is 0.568. The summed E-state index contributed by atoms with van der Waals surface area (Å²) in [6.07, 6.45) is 1.73. The van der Waals surface area contributed by atoms with Gasteiger partial charge < -0.3 is 5.32 Å². The van der Waals surface area contributed by atoms with Crippen molar-refractivity contribution in [3.63, 3.8) is 0 Å². The van der Waals surface area contributed by atoms with E-state index >= 15 is 0 Å². The molecule has 1 aromatic rings. The fourth-order valence-corrected chi connectivity index (χ4v) is 1.18. The van der Waals surface area contributed by atoms with Crippen molar-refractivity contribution in [3.8, 4) is 0 Å². The van der Waals surface area contributed by atoms with E-state index in [4.69, 9.17) is 0 Å². The fraction of sp³-hybridized carbons (Fsp3) is 0.286. The summed E-state index contributed by atoms with van der Waals surface area (Å²) >= 11 is 0.